The van der Waals surface area contributed by atoms with Gasteiger partial charge in [0, 0.05) is 44.5 Å². The summed E-state index contributed by atoms with van der Waals surface area (Å²) >= 11 is 0. The van der Waals surface area contributed by atoms with Crippen molar-refractivity contribution in [2.75, 3.05) is 30.4 Å². The van der Waals surface area contributed by atoms with Gasteiger partial charge in [-0.2, -0.15) is 0 Å². The van der Waals surface area contributed by atoms with Gasteiger partial charge in [-0.1, -0.05) is 38.1 Å². The summed E-state index contributed by atoms with van der Waals surface area (Å²) in [5, 5.41) is 9.86. The molecule has 7 heteroatoms. The predicted molar refractivity (Wildman–Crippen MR) is 150 cm³/mol. The fourth-order valence-corrected chi connectivity index (χ4v) is 3.98. The van der Waals surface area contributed by atoms with Gasteiger partial charge >= 0.3 is 0 Å². The van der Waals surface area contributed by atoms with Gasteiger partial charge in [-0.15, -0.1) is 24.0 Å². The van der Waals surface area contributed by atoms with Crippen molar-refractivity contribution >= 4 is 47.2 Å². The molecule has 1 heterocycles. The number of carbonyl (C=O) groups excluding carboxylic acids is 1. The van der Waals surface area contributed by atoms with E-state index in [1.54, 1.807) is 7.05 Å². The second-order valence-electron chi connectivity index (χ2n) is 8.93. The second-order valence-corrected chi connectivity index (χ2v) is 8.93. The van der Waals surface area contributed by atoms with Gasteiger partial charge in [0.2, 0.25) is 5.91 Å². The van der Waals surface area contributed by atoms with Crippen LogP contribution in [0.4, 0.5) is 11.4 Å². The number of nitrogens with zero attached hydrogens (tertiary/aromatic N) is 2. The van der Waals surface area contributed by atoms with E-state index in [0.29, 0.717) is 18.9 Å². The van der Waals surface area contributed by atoms with Crippen LogP contribution >= 0.6 is 24.0 Å². The van der Waals surface area contributed by atoms with Gasteiger partial charge in [-0.25, -0.2) is 0 Å². The van der Waals surface area contributed by atoms with Gasteiger partial charge in [0.05, 0.1) is 6.04 Å². The van der Waals surface area contributed by atoms with E-state index in [-0.39, 0.29) is 35.9 Å². The Hall–Kier alpha value is -2.29. The molecule has 3 rings (SSSR count). The fraction of sp³-hybridized carbons (Fsp3) is 0.462. The van der Waals surface area contributed by atoms with Crippen LogP contribution < -0.4 is 20.9 Å². The quantitative estimate of drug-likeness (QED) is 0.231. The summed E-state index contributed by atoms with van der Waals surface area (Å²) < 4.78 is 0. The lowest BCUT2D eigenvalue weighted by Crippen LogP contribution is -2.38. The third-order valence-electron chi connectivity index (χ3n) is 5.68. The highest BCUT2D eigenvalue weighted by Crippen LogP contribution is 2.24. The number of hydrogen-bond donors (Lipinski definition) is 3. The average Bonchev–Trinajstić information content (AvgIpc) is 3.31. The molecule has 2 aromatic rings. The molecule has 1 atom stereocenters. The molecule has 1 aliphatic heterocycles. The number of carbonyl (C=O) groups is 1. The highest BCUT2D eigenvalue weighted by Gasteiger charge is 2.14. The minimum Gasteiger partial charge on any atom is -0.372 e. The molecule has 1 amide bonds. The third-order valence-corrected chi connectivity index (χ3v) is 5.68. The maximum atomic E-state index is 12.1. The first-order chi connectivity index (χ1) is 15.4. The molecule has 3 N–H and O–H groups in total. The molecule has 0 aliphatic carbocycles. The van der Waals surface area contributed by atoms with Crippen LogP contribution in [-0.4, -0.2) is 32.0 Å². The Morgan fingerprint density at radius 1 is 1.06 bits per heavy atom. The summed E-state index contributed by atoms with van der Waals surface area (Å²) in [7, 11) is 1.78. The van der Waals surface area contributed by atoms with E-state index < -0.39 is 0 Å². The Kier molecular flexibility index (Phi) is 11.0. The molecule has 0 radical (unpaired) electrons. The number of benzene rings is 2. The zero-order valence-corrected chi connectivity index (χ0v) is 22.6. The minimum absolute atomic E-state index is 0. The Labute approximate surface area is 215 Å². The number of rotatable bonds is 8. The first-order valence-corrected chi connectivity index (χ1v) is 11.7. The topological polar surface area (TPSA) is 68.8 Å². The zero-order valence-electron chi connectivity index (χ0n) is 20.2. The van der Waals surface area contributed by atoms with Crippen molar-refractivity contribution in [2.45, 2.75) is 52.6 Å². The highest BCUT2D eigenvalue weighted by atomic mass is 127. The maximum absolute atomic E-state index is 12.1. The van der Waals surface area contributed by atoms with Crippen LogP contribution in [0.1, 0.15) is 57.2 Å². The number of nitrogens with one attached hydrogen (secondary N) is 3. The van der Waals surface area contributed by atoms with Crippen LogP contribution in [-0.2, 0) is 11.3 Å². The molecule has 6 nitrogen and oxygen atoms in total. The Balaban J connectivity index is 0.00000385. The van der Waals surface area contributed by atoms with Gasteiger partial charge in [0.25, 0.3) is 0 Å². The largest absolute Gasteiger partial charge is 0.372 e. The molecule has 1 unspecified atom stereocenters. The Morgan fingerprint density at radius 2 is 1.79 bits per heavy atom. The summed E-state index contributed by atoms with van der Waals surface area (Å²) in [5.74, 6) is 1.14. The summed E-state index contributed by atoms with van der Waals surface area (Å²) in [5.41, 5.74) is 4.45. The van der Waals surface area contributed by atoms with Crippen molar-refractivity contribution in [3.05, 3.63) is 59.7 Å². The second kappa shape index (κ2) is 13.4. The summed E-state index contributed by atoms with van der Waals surface area (Å²) in [4.78, 5) is 18.9. The van der Waals surface area contributed by atoms with Crippen LogP contribution in [0, 0.1) is 5.92 Å². The highest BCUT2D eigenvalue weighted by molar-refractivity contribution is 14.0. The van der Waals surface area contributed by atoms with Crippen LogP contribution in [0.5, 0.6) is 0 Å². The Bertz CT molecular complexity index is 924. The van der Waals surface area contributed by atoms with Crippen LogP contribution in [0.3, 0.4) is 0 Å². The molecule has 0 spiro atoms. The van der Waals surface area contributed by atoms with Crippen LogP contribution in [0.25, 0.3) is 0 Å². The lowest BCUT2D eigenvalue weighted by atomic mass is 10.1. The summed E-state index contributed by atoms with van der Waals surface area (Å²) in [6.45, 7) is 9.15. The van der Waals surface area contributed by atoms with Gasteiger partial charge in [0.1, 0.15) is 0 Å². The standard InChI is InChI=1S/C26H37N5O.HI/c1-19(2)15-25(32)30-23-11-7-9-21(16-23)18-28-26(27-4)29-20(3)22-10-8-12-24(17-22)31-13-5-6-14-31;/h7-12,16-17,19-20H,5-6,13-15,18H2,1-4H3,(H,30,32)(H2,27,28,29);1H. The average molecular weight is 564 g/mol. The van der Waals surface area contributed by atoms with Crippen molar-refractivity contribution in [2.24, 2.45) is 10.9 Å². The molecule has 1 fully saturated rings. The van der Waals surface area contributed by atoms with Gasteiger partial charge in [-0.3, -0.25) is 9.79 Å². The summed E-state index contributed by atoms with van der Waals surface area (Å²) in [6.07, 6.45) is 3.07. The smallest absolute Gasteiger partial charge is 0.224 e. The van der Waals surface area contributed by atoms with E-state index in [1.807, 2.05) is 38.1 Å². The van der Waals surface area contributed by atoms with E-state index in [9.17, 15) is 4.79 Å². The van der Waals surface area contributed by atoms with Crippen molar-refractivity contribution in [1.29, 1.82) is 0 Å². The number of aliphatic imine (C=N–C) groups is 1. The van der Waals surface area contributed by atoms with E-state index in [0.717, 1.165) is 30.3 Å². The lowest BCUT2D eigenvalue weighted by molar-refractivity contribution is -0.116. The number of amides is 1. The number of hydrogen-bond acceptors (Lipinski definition) is 3. The molecule has 1 aliphatic rings. The van der Waals surface area contributed by atoms with Gasteiger partial charge < -0.3 is 20.9 Å². The number of guanidine groups is 1. The molecule has 0 saturated carbocycles. The zero-order chi connectivity index (χ0) is 22.9. The minimum atomic E-state index is 0. The fourth-order valence-electron chi connectivity index (χ4n) is 3.98. The molecule has 0 aromatic heterocycles. The van der Waals surface area contributed by atoms with Crippen LogP contribution in [0.15, 0.2) is 53.5 Å². The number of anilines is 2. The predicted octanol–water partition coefficient (Wildman–Crippen LogP) is 5.32. The van der Waals surface area contributed by atoms with Crippen molar-refractivity contribution in [1.82, 2.24) is 10.6 Å². The molecular weight excluding hydrogens is 525 g/mol. The summed E-state index contributed by atoms with van der Waals surface area (Å²) in [6, 6.07) is 16.8. The van der Waals surface area contributed by atoms with Gasteiger partial charge in [-0.05, 0) is 61.1 Å². The van der Waals surface area contributed by atoms with Crippen molar-refractivity contribution < 1.29 is 4.79 Å². The van der Waals surface area contributed by atoms with Crippen molar-refractivity contribution in [3.8, 4) is 0 Å². The maximum Gasteiger partial charge on any atom is 0.224 e. The monoisotopic (exact) mass is 563 g/mol. The van der Waals surface area contributed by atoms with E-state index in [1.165, 1.54) is 24.1 Å². The first kappa shape index (κ1) is 27.0. The molecule has 2 aromatic carbocycles. The first-order valence-electron chi connectivity index (χ1n) is 11.7. The van der Waals surface area contributed by atoms with Gasteiger partial charge in [0.15, 0.2) is 5.96 Å². The van der Waals surface area contributed by atoms with E-state index in [4.69, 9.17) is 0 Å². The van der Waals surface area contributed by atoms with E-state index >= 15 is 0 Å². The lowest BCUT2D eigenvalue weighted by Gasteiger charge is -2.22. The van der Waals surface area contributed by atoms with Crippen LogP contribution in [0.2, 0.25) is 0 Å². The normalized spacial score (nSPS) is 14.6. The van der Waals surface area contributed by atoms with Crippen molar-refractivity contribution in [3.63, 3.8) is 0 Å². The molecule has 180 valence electrons. The Morgan fingerprint density at radius 3 is 2.48 bits per heavy atom. The van der Waals surface area contributed by atoms with E-state index in [2.05, 4.69) is 57.0 Å². The number of halogens is 1. The molecule has 1 saturated heterocycles. The SMILES string of the molecule is CN=C(NCc1cccc(NC(=O)CC(C)C)c1)NC(C)c1cccc(N2CCCC2)c1.I. The molecule has 33 heavy (non-hydrogen) atoms. The molecular formula is C26H38IN5O. The third kappa shape index (κ3) is 8.53. The molecule has 0 bridgehead atoms.